The first-order chi connectivity index (χ1) is 3.80. The lowest BCUT2D eigenvalue weighted by Crippen LogP contribution is -1.94. The van der Waals surface area contributed by atoms with Gasteiger partial charge in [0.25, 0.3) is 0 Å². The molecule has 0 N–H and O–H groups in total. The monoisotopic (exact) mass is 150 g/mol. The standard InChI is InChI=1S/C4H4Cl2N2/c5-4(6)8-3-1-2-7-8/h1-4H. The highest BCUT2D eigenvalue weighted by Gasteiger charge is 1.97. The molecule has 0 aliphatic carbocycles. The highest BCUT2D eigenvalue weighted by Crippen LogP contribution is 2.13. The van der Waals surface area contributed by atoms with Crippen LogP contribution in [0.25, 0.3) is 0 Å². The Morgan fingerprint density at radius 3 is 2.50 bits per heavy atom. The third-order valence-corrected chi connectivity index (χ3v) is 1.12. The van der Waals surface area contributed by atoms with Gasteiger partial charge in [0.2, 0.25) is 0 Å². The van der Waals surface area contributed by atoms with Crippen molar-refractivity contribution >= 4 is 23.2 Å². The summed E-state index contributed by atoms with van der Waals surface area (Å²) in [5.41, 5.74) is 0. The van der Waals surface area contributed by atoms with Gasteiger partial charge in [0.05, 0.1) is 0 Å². The lowest BCUT2D eigenvalue weighted by molar-refractivity contribution is 0.722. The molecule has 1 aromatic heterocycles. The van der Waals surface area contributed by atoms with Gasteiger partial charge in [-0.15, -0.1) is 0 Å². The number of rotatable bonds is 1. The van der Waals surface area contributed by atoms with Gasteiger partial charge in [-0.05, 0) is 6.07 Å². The maximum Gasteiger partial charge on any atom is 0.198 e. The van der Waals surface area contributed by atoms with Crippen molar-refractivity contribution in [3.8, 4) is 0 Å². The molecule has 0 aliphatic heterocycles. The number of halogens is 2. The smallest absolute Gasteiger partial charge is 0.198 e. The molecule has 2 nitrogen and oxygen atoms in total. The fraction of sp³-hybridized carbons (Fsp3) is 0.250. The molecule has 0 atom stereocenters. The van der Waals surface area contributed by atoms with E-state index in [0.717, 1.165) is 0 Å². The molecule has 8 heavy (non-hydrogen) atoms. The van der Waals surface area contributed by atoms with Crippen LogP contribution in [0, 0.1) is 0 Å². The van der Waals surface area contributed by atoms with Gasteiger partial charge in [0.1, 0.15) is 0 Å². The maximum absolute atomic E-state index is 5.41. The zero-order valence-corrected chi connectivity index (χ0v) is 5.47. The fourth-order valence-corrected chi connectivity index (χ4v) is 0.627. The van der Waals surface area contributed by atoms with Crippen LogP contribution in [-0.4, -0.2) is 9.78 Å². The van der Waals surface area contributed by atoms with E-state index in [9.17, 15) is 0 Å². The van der Waals surface area contributed by atoms with Crippen molar-refractivity contribution in [3.63, 3.8) is 0 Å². The Morgan fingerprint density at radius 2 is 2.25 bits per heavy atom. The van der Waals surface area contributed by atoms with Crippen LogP contribution in [0.1, 0.15) is 4.96 Å². The van der Waals surface area contributed by atoms with E-state index in [-0.39, 0.29) is 0 Å². The minimum Gasteiger partial charge on any atom is -0.240 e. The Labute approximate surface area is 57.0 Å². The zero-order chi connectivity index (χ0) is 5.98. The van der Waals surface area contributed by atoms with E-state index in [1.165, 1.54) is 4.68 Å². The number of hydrogen-bond donors (Lipinski definition) is 0. The molecule has 0 amide bonds. The molecule has 0 radical (unpaired) electrons. The van der Waals surface area contributed by atoms with Gasteiger partial charge in [0, 0.05) is 12.4 Å². The minimum absolute atomic E-state index is 0.565. The average Bonchev–Trinajstić information content (AvgIpc) is 2.12. The second kappa shape index (κ2) is 2.37. The Morgan fingerprint density at radius 1 is 1.50 bits per heavy atom. The van der Waals surface area contributed by atoms with E-state index in [0.29, 0.717) is 0 Å². The zero-order valence-electron chi connectivity index (χ0n) is 3.96. The molecular formula is C4H4Cl2N2. The van der Waals surface area contributed by atoms with Gasteiger partial charge in [0.15, 0.2) is 4.96 Å². The summed E-state index contributed by atoms with van der Waals surface area (Å²) < 4.78 is 1.45. The van der Waals surface area contributed by atoms with Crippen LogP contribution in [-0.2, 0) is 0 Å². The van der Waals surface area contributed by atoms with Crippen molar-refractivity contribution in [2.45, 2.75) is 4.96 Å². The Hall–Kier alpha value is -0.210. The first kappa shape index (κ1) is 5.92. The second-order valence-electron chi connectivity index (χ2n) is 1.26. The van der Waals surface area contributed by atoms with Crippen molar-refractivity contribution in [2.75, 3.05) is 0 Å². The van der Waals surface area contributed by atoms with Crippen molar-refractivity contribution < 1.29 is 0 Å². The van der Waals surface area contributed by atoms with Crippen LogP contribution in [0.2, 0.25) is 0 Å². The van der Waals surface area contributed by atoms with E-state index < -0.39 is 4.96 Å². The molecule has 0 saturated heterocycles. The van der Waals surface area contributed by atoms with Crippen LogP contribution in [0.5, 0.6) is 0 Å². The minimum atomic E-state index is -0.565. The molecule has 1 rings (SSSR count). The molecule has 0 aliphatic rings. The number of alkyl halides is 2. The maximum atomic E-state index is 5.41. The molecule has 44 valence electrons. The van der Waals surface area contributed by atoms with Crippen molar-refractivity contribution in [1.82, 2.24) is 9.78 Å². The van der Waals surface area contributed by atoms with Gasteiger partial charge >= 0.3 is 0 Å². The molecule has 0 spiro atoms. The van der Waals surface area contributed by atoms with Gasteiger partial charge < -0.3 is 0 Å². The Bertz CT molecular complexity index is 147. The Kier molecular flexibility index (Phi) is 1.76. The average molecular weight is 151 g/mol. The summed E-state index contributed by atoms with van der Waals surface area (Å²) in [6, 6.07) is 1.76. The first-order valence-corrected chi connectivity index (χ1v) is 2.95. The summed E-state index contributed by atoms with van der Waals surface area (Å²) in [5, 5.41) is 3.77. The van der Waals surface area contributed by atoms with E-state index in [1.807, 2.05) is 0 Å². The normalized spacial score (nSPS) is 10.4. The highest BCUT2D eigenvalue weighted by molar-refractivity contribution is 6.41. The topological polar surface area (TPSA) is 17.8 Å². The van der Waals surface area contributed by atoms with Crippen LogP contribution >= 0.6 is 23.2 Å². The predicted molar refractivity (Wildman–Crippen MR) is 33.0 cm³/mol. The lowest BCUT2D eigenvalue weighted by Gasteiger charge is -1.96. The van der Waals surface area contributed by atoms with Crippen LogP contribution < -0.4 is 0 Å². The summed E-state index contributed by atoms with van der Waals surface area (Å²) in [6.45, 7) is 0. The third-order valence-electron chi connectivity index (χ3n) is 0.725. The van der Waals surface area contributed by atoms with Crippen LogP contribution in [0.15, 0.2) is 18.5 Å². The molecule has 0 bridgehead atoms. The van der Waals surface area contributed by atoms with Crippen LogP contribution in [0.4, 0.5) is 0 Å². The molecule has 0 unspecified atom stereocenters. The van der Waals surface area contributed by atoms with Gasteiger partial charge in [-0.1, -0.05) is 23.2 Å². The first-order valence-electron chi connectivity index (χ1n) is 2.08. The SMILES string of the molecule is ClC(Cl)n1cccn1. The molecule has 0 aromatic carbocycles. The fourth-order valence-electron chi connectivity index (χ4n) is 0.396. The molecule has 0 saturated carbocycles. The van der Waals surface area contributed by atoms with Gasteiger partial charge in [-0.3, -0.25) is 0 Å². The molecule has 1 aromatic rings. The lowest BCUT2D eigenvalue weighted by atomic mass is 10.8. The van der Waals surface area contributed by atoms with E-state index in [4.69, 9.17) is 23.2 Å². The summed E-state index contributed by atoms with van der Waals surface area (Å²) in [6.07, 6.45) is 3.32. The van der Waals surface area contributed by atoms with E-state index in [2.05, 4.69) is 5.10 Å². The molecule has 0 fully saturated rings. The summed E-state index contributed by atoms with van der Waals surface area (Å²) >= 11 is 10.8. The van der Waals surface area contributed by atoms with Gasteiger partial charge in [-0.2, -0.15) is 5.10 Å². The number of hydrogen-bond acceptors (Lipinski definition) is 1. The third kappa shape index (κ3) is 1.14. The number of nitrogens with zero attached hydrogens (tertiary/aromatic N) is 2. The van der Waals surface area contributed by atoms with Gasteiger partial charge in [-0.25, -0.2) is 4.68 Å². The van der Waals surface area contributed by atoms with E-state index in [1.54, 1.807) is 18.5 Å². The summed E-state index contributed by atoms with van der Waals surface area (Å²) in [5.74, 6) is 0. The number of aromatic nitrogens is 2. The molecule has 1 heterocycles. The second-order valence-corrected chi connectivity index (χ2v) is 2.31. The van der Waals surface area contributed by atoms with Crippen LogP contribution in [0.3, 0.4) is 0 Å². The molecular weight excluding hydrogens is 147 g/mol. The quantitative estimate of drug-likeness (QED) is 0.559. The van der Waals surface area contributed by atoms with Crippen molar-refractivity contribution in [3.05, 3.63) is 18.5 Å². The Balaban J connectivity index is 2.77. The molecule has 4 heteroatoms. The largest absolute Gasteiger partial charge is 0.240 e. The summed E-state index contributed by atoms with van der Waals surface area (Å²) in [7, 11) is 0. The van der Waals surface area contributed by atoms with E-state index >= 15 is 0 Å². The van der Waals surface area contributed by atoms with Crippen molar-refractivity contribution in [2.24, 2.45) is 0 Å². The van der Waals surface area contributed by atoms with Crippen molar-refractivity contribution in [1.29, 1.82) is 0 Å². The predicted octanol–water partition coefficient (Wildman–Crippen LogP) is 1.82. The highest BCUT2D eigenvalue weighted by atomic mass is 35.5. The summed E-state index contributed by atoms with van der Waals surface area (Å²) in [4.78, 5) is -0.565.